The summed E-state index contributed by atoms with van der Waals surface area (Å²) in [5.41, 5.74) is 4.30. The van der Waals surface area contributed by atoms with Gasteiger partial charge in [0, 0.05) is 18.7 Å². The Labute approximate surface area is 232 Å². The zero-order chi connectivity index (χ0) is 27.5. The summed E-state index contributed by atoms with van der Waals surface area (Å²) in [7, 11) is 0. The second-order valence-corrected chi connectivity index (χ2v) is 10.8. The second kappa shape index (κ2) is 11.5. The summed E-state index contributed by atoms with van der Waals surface area (Å²) in [4.78, 5) is 19.2. The number of H-pyrrole nitrogens is 1. The fourth-order valence-corrected chi connectivity index (χ4v) is 5.95. The van der Waals surface area contributed by atoms with Crippen molar-refractivity contribution >= 4 is 10.9 Å². The van der Waals surface area contributed by atoms with Crippen LogP contribution in [0.1, 0.15) is 72.3 Å². The Morgan fingerprint density at radius 2 is 1.68 bits per heavy atom. The third kappa shape index (κ3) is 5.45. The Morgan fingerprint density at radius 1 is 0.950 bits per heavy atom. The number of nitrogens with zero attached hydrogens (tertiary/aromatic N) is 5. The molecule has 1 fully saturated rings. The van der Waals surface area contributed by atoms with E-state index in [0.29, 0.717) is 24.5 Å². The molecule has 6 rings (SSSR count). The predicted molar refractivity (Wildman–Crippen MR) is 153 cm³/mol. The number of aryl methyl sites for hydroxylation is 1. The van der Waals surface area contributed by atoms with Gasteiger partial charge in [-0.1, -0.05) is 79.9 Å². The van der Waals surface area contributed by atoms with E-state index in [1.54, 1.807) is 12.1 Å². The second-order valence-electron chi connectivity index (χ2n) is 10.8. The molecule has 0 radical (unpaired) electrons. The number of halogens is 1. The minimum Gasteiger partial charge on any atom is -0.321 e. The van der Waals surface area contributed by atoms with E-state index in [-0.39, 0.29) is 17.4 Å². The van der Waals surface area contributed by atoms with E-state index >= 15 is 0 Å². The third-order valence-corrected chi connectivity index (χ3v) is 7.99. The number of pyridine rings is 1. The van der Waals surface area contributed by atoms with Crippen molar-refractivity contribution in [1.82, 2.24) is 30.1 Å². The molecule has 0 saturated heterocycles. The summed E-state index contributed by atoms with van der Waals surface area (Å²) in [6, 6.07) is 24.4. The first-order valence-electron chi connectivity index (χ1n) is 14.0. The molecular formula is C32H33FN6O. The number of rotatable bonds is 8. The number of hydrogen-bond acceptors (Lipinski definition) is 5. The minimum atomic E-state index is -0.532. The van der Waals surface area contributed by atoms with Gasteiger partial charge in [-0.25, -0.2) is 9.07 Å². The van der Waals surface area contributed by atoms with Gasteiger partial charge in [0.15, 0.2) is 5.82 Å². The molecule has 1 saturated carbocycles. The molecule has 2 heterocycles. The molecule has 1 aliphatic rings. The van der Waals surface area contributed by atoms with E-state index in [9.17, 15) is 9.18 Å². The van der Waals surface area contributed by atoms with Crippen LogP contribution in [0.2, 0.25) is 0 Å². The fourth-order valence-electron chi connectivity index (χ4n) is 5.95. The number of tetrazole rings is 1. The molecule has 0 bridgehead atoms. The number of benzene rings is 3. The topological polar surface area (TPSA) is 79.7 Å². The lowest BCUT2D eigenvalue weighted by Crippen LogP contribution is -2.35. The van der Waals surface area contributed by atoms with Crippen molar-refractivity contribution in [3.63, 3.8) is 0 Å². The zero-order valence-corrected chi connectivity index (χ0v) is 22.6. The van der Waals surface area contributed by atoms with E-state index in [4.69, 9.17) is 0 Å². The highest BCUT2D eigenvalue weighted by Gasteiger charge is 2.33. The van der Waals surface area contributed by atoms with Gasteiger partial charge in [0.2, 0.25) is 0 Å². The van der Waals surface area contributed by atoms with Crippen molar-refractivity contribution in [2.24, 2.45) is 0 Å². The summed E-state index contributed by atoms with van der Waals surface area (Å²) in [5.74, 6) is 0.375. The minimum absolute atomic E-state index is 0.165. The van der Waals surface area contributed by atoms with Crippen LogP contribution in [0.4, 0.5) is 4.39 Å². The normalized spacial score (nSPS) is 15.1. The van der Waals surface area contributed by atoms with E-state index < -0.39 is 6.04 Å². The molecule has 8 heteroatoms. The third-order valence-electron chi connectivity index (χ3n) is 7.99. The molecule has 7 nitrogen and oxygen atoms in total. The van der Waals surface area contributed by atoms with Crippen LogP contribution in [0, 0.1) is 12.7 Å². The number of fused-ring (bicyclic) bond motifs is 1. The first-order chi connectivity index (χ1) is 19.6. The molecule has 40 heavy (non-hydrogen) atoms. The molecule has 1 aliphatic carbocycles. The van der Waals surface area contributed by atoms with Crippen LogP contribution in [0.3, 0.4) is 0 Å². The smallest absolute Gasteiger partial charge is 0.253 e. The van der Waals surface area contributed by atoms with Crippen molar-refractivity contribution in [3.8, 4) is 0 Å². The summed E-state index contributed by atoms with van der Waals surface area (Å²) in [6.45, 7) is 3.02. The highest BCUT2D eigenvalue weighted by molar-refractivity contribution is 5.82. The van der Waals surface area contributed by atoms with E-state index in [1.165, 1.54) is 18.6 Å². The van der Waals surface area contributed by atoms with Gasteiger partial charge in [0.05, 0.1) is 11.6 Å². The van der Waals surface area contributed by atoms with Crippen molar-refractivity contribution in [1.29, 1.82) is 0 Å². The van der Waals surface area contributed by atoms with Gasteiger partial charge in [0.1, 0.15) is 11.9 Å². The van der Waals surface area contributed by atoms with Crippen LogP contribution in [0.5, 0.6) is 0 Å². The highest BCUT2D eigenvalue weighted by atomic mass is 19.1. The van der Waals surface area contributed by atoms with Gasteiger partial charge < -0.3 is 4.98 Å². The average molecular weight is 537 g/mol. The monoisotopic (exact) mass is 536 g/mol. The summed E-state index contributed by atoms with van der Waals surface area (Å²) in [6.07, 6.45) is 5.50. The molecule has 3 aromatic carbocycles. The van der Waals surface area contributed by atoms with Crippen molar-refractivity contribution in [2.75, 3.05) is 0 Å². The molecule has 1 atom stereocenters. The zero-order valence-electron chi connectivity index (χ0n) is 22.6. The summed E-state index contributed by atoms with van der Waals surface area (Å²) < 4.78 is 15.8. The van der Waals surface area contributed by atoms with E-state index in [0.717, 1.165) is 53.3 Å². The molecule has 0 spiro atoms. The molecule has 1 unspecified atom stereocenters. The largest absolute Gasteiger partial charge is 0.321 e. The maximum atomic E-state index is 13.9. The first-order valence-corrected chi connectivity index (χ1v) is 14.0. The summed E-state index contributed by atoms with van der Waals surface area (Å²) in [5, 5.41) is 14.1. The lowest BCUT2D eigenvalue weighted by Gasteiger charge is -2.33. The van der Waals surface area contributed by atoms with Crippen LogP contribution < -0.4 is 5.56 Å². The van der Waals surface area contributed by atoms with E-state index in [1.807, 2.05) is 54.1 Å². The SMILES string of the molecule is Cc1cccc2cc(C(c3nnnn3C3CCCCC3)N(Cc3ccccc3)Cc3ccc(F)cc3)c(=O)[nH]c12. The van der Waals surface area contributed by atoms with Gasteiger partial charge in [-0.2, -0.15) is 0 Å². The highest BCUT2D eigenvalue weighted by Crippen LogP contribution is 2.34. The van der Waals surface area contributed by atoms with Crippen LogP contribution in [-0.2, 0) is 13.1 Å². The molecule has 1 N–H and O–H groups in total. The van der Waals surface area contributed by atoms with Gasteiger partial charge in [-0.3, -0.25) is 9.69 Å². The maximum Gasteiger partial charge on any atom is 0.253 e. The molecule has 0 aliphatic heterocycles. The quantitative estimate of drug-likeness (QED) is 0.253. The standard InChI is InChI=1S/C32H33FN6O/c1-22-9-8-12-25-19-28(32(40)34-29(22)25)30(31-35-36-37-39(31)27-13-6-3-7-14-27)38(20-23-10-4-2-5-11-23)21-24-15-17-26(33)18-16-24/h2,4-5,8-12,15-19,27,30H,3,6-7,13-14,20-21H2,1H3,(H,34,40). The Bertz CT molecular complexity index is 1640. The van der Waals surface area contributed by atoms with Gasteiger partial charge in [-0.05, 0) is 70.5 Å². The number of hydrogen-bond donors (Lipinski definition) is 1. The van der Waals surface area contributed by atoms with Crippen LogP contribution in [0.15, 0.2) is 83.7 Å². The Kier molecular flexibility index (Phi) is 7.51. The van der Waals surface area contributed by atoms with Crippen LogP contribution in [0.25, 0.3) is 10.9 Å². The number of aromatic nitrogens is 5. The van der Waals surface area contributed by atoms with Crippen molar-refractivity contribution < 1.29 is 4.39 Å². The van der Waals surface area contributed by atoms with Gasteiger partial charge in [-0.15, -0.1) is 5.10 Å². The molecular weight excluding hydrogens is 503 g/mol. The van der Waals surface area contributed by atoms with Crippen molar-refractivity contribution in [2.45, 2.75) is 64.2 Å². The van der Waals surface area contributed by atoms with Gasteiger partial charge in [0.25, 0.3) is 5.56 Å². The number of nitrogens with one attached hydrogen (secondary N) is 1. The van der Waals surface area contributed by atoms with Gasteiger partial charge >= 0.3 is 0 Å². The molecule has 204 valence electrons. The average Bonchev–Trinajstić information content (AvgIpc) is 3.46. The predicted octanol–water partition coefficient (Wildman–Crippen LogP) is 6.26. The first kappa shape index (κ1) is 26.1. The maximum absolute atomic E-state index is 13.9. The van der Waals surface area contributed by atoms with Crippen LogP contribution in [-0.4, -0.2) is 30.1 Å². The Hall–Kier alpha value is -4.17. The Balaban J connectivity index is 1.53. The molecule has 5 aromatic rings. The fraction of sp³-hybridized carbons (Fsp3) is 0.312. The van der Waals surface area contributed by atoms with Crippen LogP contribution >= 0.6 is 0 Å². The molecule has 2 aromatic heterocycles. The van der Waals surface area contributed by atoms with Crippen molar-refractivity contribution in [3.05, 3.63) is 123 Å². The lowest BCUT2D eigenvalue weighted by atomic mass is 9.94. The van der Waals surface area contributed by atoms with E-state index in [2.05, 4.69) is 37.5 Å². The lowest BCUT2D eigenvalue weighted by molar-refractivity contribution is 0.186. The molecule has 0 amide bonds. The summed E-state index contributed by atoms with van der Waals surface area (Å²) >= 11 is 0. The Morgan fingerprint density at radius 3 is 2.42 bits per heavy atom. The number of aromatic amines is 1. The number of para-hydroxylation sites is 1.